The number of amides is 1. The van der Waals surface area contributed by atoms with Crippen LogP contribution in [0.1, 0.15) is 13.3 Å². The summed E-state index contributed by atoms with van der Waals surface area (Å²) in [6, 6.07) is 0.210. The number of hydrogen-bond acceptors (Lipinski definition) is 6. The Balaban J connectivity index is 1.74. The Kier molecular flexibility index (Phi) is 9.05. The standard InChI is InChI=1S/C18H26Cl2N4O2S/c1-12(21)2-5-17(22)27-11-18(25)23-9-14-10-24(6-7-26-14)13-3-4-15(19)16(20)8-13/h2,4-5,8,13-14H,3,6-7,9-11,21-22H2,1H3,(H,23,25)/b12-2-,17-5+. The van der Waals surface area contributed by atoms with E-state index < -0.39 is 0 Å². The zero-order valence-corrected chi connectivity index (χ0v) is 17.6. The number of nitrogens with two attached hydrogens (primary N) is 2. The fraction of sp³-hybridized carbons (Fsp3) is 0.500. The zero-order chi connectivity index (χ0) is 19.8. The number of hydrogen-bond donors (Lipinski definition) is 3. The van der Waals surface area contributed by atoms with Gasteiger partial charge in [-0.1, -0.05) is 41.0 Å². The van der Waals surface area contributed by atoms with Crippen molar-refractivity contribution >= 4 is 40.9 Å². The molecule has 0 aromatic rings. The largest absolute Gasteiger partial charge is 0.402 e. The zero-order valence-electron chi connectivity index (χ0n) is 15.3. The van der Waals surface area contributed by atoms with E-state index in [-0.39, 0.29) is 23.8 Å². The summed E-state index contributed by atoms with van der Waals surface area (Å²) >= 11 is 13.4. The minimum absolute atomic E-state index is 0.0584. The number of thioether (sulfide) groups is 1. The summed E-state index contributed by atoms with van der Waals surface area (Å²) in [5, 5.41) is 4.64. The predicted octanol–water partition coefficient (Wildman–Crippen LogP) is 2.22. The van der Waals surface area contributed by atoms with E-state index in [2.05, 4.69) is 10.2 Å². The maximum absolute atomic E-state index is 12.0. The first-order chi connectivity index (χ1) is 12.8. The quantitative estimate of drug-likeness (QED) is 0.533. The number of carbonyl (C=O) groups is 1. The highest BCUT2D eigenvalue weighted by atomic mass is 35.5. The average Bonchev–Trinajstić information content (AvgIpc) is 2.65. The van der Waals surface area contributed by atoms with Crippen LogP contribution < -0.4 is 16.8 Å². The fourth-order valence-corrected chi connectivity index (χ4v) is 3.69. The van der Waals surface area contributed by atoms with Crippen molar-refractivity contribution in [1.29, 1.82) is 0 Å². The van der Waals surface area contributed by atoms with Crippen LogP contribution in [0.5, 0.6) is 0 Å². The van der Waals surface area contributed by atoms with Gasteiger partial charge >= 0.3 is 0 Å². The van der Waals surface area contributed by atoms with Crippen LogP contribution in [-0.2, 0) is 9.53 Å². The normalized spacial score (nSPS) is 25.0. The monoisotopic (exact) mass is 432 g/mol. The lowest BCUT2D eigenvalue weighted by Crippen LogP contribution is -2.51. The second-order valence-electron chi connectivity index (χ2n) is 6.43. The third kappa shape index (κ3) is 7.79. The Morgan fingerprint density at radius 1 is 1.41 bits per heavy atom. The Morgan fingerprint density at radius 3 is 2.89 bits per heavy atom. The van der Waals surface area contributed by atoms with Crippen molar-refractivity contribution in [2.75, 3.05) is 32.0 Å². The molecule has 5 N–H and O–H groups in total. The van der Waals surface area contributed by atoms with Crippen LogP contribution in [0.3, 0.4) is 0 Å². The summed E-state index contributed by atoms with van der Waals surface area (Å²) in [5.41, 5.74) is 12.0. The van der Waals surface area contributed by atoms with E-state index in [9.17, 15) is 4.79 Å². The average molecular weight is 433 g/mol. The summed E-state index contributed by atoms with van der Waals surface area (Å²) in [7, 11) is 0. The predicted molar refractivity (Wildman–Crippen MR) is 113 cm³/mol. The molecule has 0 bridgehead atoms. The summed E-state index contributed by atoms with van der Waals surface area (Å²) in [6.45, 7) is 4.41. The molecule has 6 nitrogen and oxygen atoms in total. The third-order valence-electron chi connectivity index (χ3n) is 4.15. The minimum Gasteiger partial charge on any atom is -0.402 e. The molecule has 0 radical (unpaired) electrons. The van der Waals surface area contributed by atoms with Gasteiger partial charge in [-0.3, -0.25) is 9.69 Å². The first kappa shape index (κ1) is 22.2. The fourth-order valence-electron chi connectivity index (χ4n) is 2.75. The van der Waals surface area contributed by atoms with Crippen molar-refractivity contribution in [3.05, 3.63) is 45.1 Å². The number of rotatable bonds is 7. The topological polar surface area (TPSA) is 93.6 Å². The van der Waals surface area contributed by atoms with Crippen LogP contribution in [0, 0.1) is 0 Å². The molecule has 9 heteroatoms. The maximum atomic E-state index is 12.0. The van der Waals surface area contributed by atoms with Crippen molar-refractivity contribution in [2.45, 2.75) is 25.5 Å². The third-order valence-corrected chi connectivity index (χ3v) is 5.81. The van der Waals surface area contributed by atoms with Crippen LogP contribution in [-0.4, -0.2) is 54.9 Å². The molecule has 2 atom stereocenters. The van der Waals surface area contributed by atoms with Crippen LogP contribution in [0.4, 0.5) is 0 Å². The molecule has 1 aliphatic carbocycles. The number of halogens is 2. The first-order valence-electron chi connectivity index (χ1n) is 8.73. The number of allylic oxidation sites excluding steroid dienone is 5. The molecule has 2 unspecified atom stereocenters. The van der Waals surface area contributed by atoms with E-state index in [1.165, 1.54) is 11.8 Å². The molecule has 27 heavy (non-hydrogen) atoms. The molecule has 1 aliphatic heterocycles. The van der Waals surface area contributed by atoms with Crippen LogP contribution in [0.2, 0.25) is 0 Å². The van der Waals surface area contributed by atoms with Crippen molar-refractivity contribution in [1.82, 2.24) is 10.2 Å². The molecule has 1 amide bonds. The molecule has 150 valence electrons. The van der Waals surface area contributed by atoms with Gasteiger partial charge in [0.1, 0.15) is 0 Å². The smallest absolute Gasteiger partial charge is 0.230 e. The number of ether oxygens (including phenoxy) is 1. The molecule has 1 heterocycles. The van der Waals surface area contributed by atoms with E-state index in [0.29, 0.717) is 33.9 Å². The number of nitrogens with zero attached hydrogens (tertiary/aromatic N) is 1. The second kappa shape index (κ2) is 11.0. The van der Waals surface area contributed by atoms with Crippen LogP contribution in [0.25, 0.3) is 0 Å². The van der Waals surface area contributed by atoms with Gasteiger partial charge in [-0.05, 0) is 31.6 Å². The first-order valence-corrected chi connectivity index (χ1v) is 10.5. The maximum Gasteiger partial charge on any atom is 0.230 e. The lowest BCUT2D eigenvalue weighted by Gasteiger charge is -2.37. The van der Waals surface area contributed by atoms with E-state index in [1.807, 2.05) is 12.2 Å². The van der Waals surface area contributed by atoms with Gasteiger partial charge in [0.15, 0.2) is 0 Å². The molecule has 0 aromatic heterocycles. The Labute approximate surface area is 174 Å². The van der Waals surface area contributed by atoms with Gasteiger partial charge in [-0.15, -0.1) is 0 Å². The Bertz CT molecular complexity index is 660. The summed E-state index contributed by atoms with van der Waals surface area (Å²) in [6.07, 6.45) is 8.09. The molecular formula is C18H26Cl2N4O2S. The molecule has 2 aliphatic rings. The van der Waals surface area contributed by atoms with Crippen LogP contribution in [0.15, 0.2) is 45.1 Å². The molecule has 1 saturated heterocycles. The van der Waals surface area contributed by atoms with E-state index in [1.54, 1.807) is 19.1 Å². The lowest BCUT2D eigenvalue weighted by atomic mass is 10.1. The van der Waals surface area contributed by atoms with Crippen molar-refractivity contribution < 1.29 is 9.53 Å². The Morgan fingerprint density at radius 2 is 2.19 bits per heavy atom. The van der Waals surface area contributed by atoms with Gasteiger partial charge in [0, 0.05) is 31.4 Å². The van der Waals surface area contributed by atoms with Gasteiger partial charge in [-0.25, -0.2) is 0 Å². The van der Waals surface area contributed by atoms with Gasteiger partial charge in [0.2, 0.25) is 5.91 Å². The lowest BCUT2D eigenvalue weighted by molar-refractivity contribution is -0.119. The van der Waals surface area contributed by atoms with Gasteiger partial charge in [0.25, 0.3) is 0 Å². The highest BCUT2D eigenvalue weighted by Crippen LogP contribution is 2.28. The summed E-state index contributed by atoms with van der Waals surface area (Å²) in [4.78, 5) is 14.3. The van der Waals surface area contributed by atoms with Crippen LogP contribution >= 0.6 is 35.0 Å². The van der Waals surface area contributed by atoms with E-state index in [0.717, 1.165) is 19.5 Å². The van der Waals surface area contributed by atoms with Gasteiger partial charge in [0.05, 0.1) is 33.6 Å². The molecule has 0 spiro atoms. The van der Waals surface area contributed by atoms with E-state index in [4.69, 9.17) is 39.4 Å². The number of nitrogens with one attached hydrogen (secondary N) is 1. The summed E-state index contributed by atoms with van der Waals surface area (Å²) in [5.74, 6) is 0.168. The summed E-state index contributed by atoms with van der Waals surface area (Å²) < 4.78 is 5.77. The highest BCUT2D eigenvalue weighted by Gasteiger charge is 2.27. The highest BCUT2D eigenvalue weighted by molar-refractivity contribution is 8.03. The van der Waals surface area contributed by atoms with Gasteiger partial charge in [-0.2, -0.15) is 0 Å². The molecule has 0 saturated carbocycles. The minimum atomic E-state index is -0.0826. The molecule has 2 rings (SSSR count). The number of carbonyl (C=O) groups excluding carboxylic acids is 1. The van der Waals surface area contributed by atoms with Gasteiger partial charge < -0.3 is 21.5 Å². The number of morpholine rings is 1. The Hall–Kier alpha value is -1.12. The van der Waals surface area contributed by atoms with Crippen molar-refractivity contribution in [3.63, 3.8) is 0 Å². The molecule has 1 fully saturated rings. The second-order valence-corrected chi connectivity index (χ2v) is 8.29. The van der Waals surface area contributed by atoms with Crippen molar-refractivity contribution in [3.8, 4) is 0 Å². The van der Waals surface area contributed by atoms with Crippen molar-refractivity contribution in [2.24, 2.45) is 11.5 Å². The molecular weight excluding hydrogens is 407 g/mol. The van der Waals surface area contributed by atoms with E-state index >= 15 is 0 Å². The SMILES string of the molecule is C/C(N)=C/C=C(\N)SCC(=O)NCC1CN(C2C=C(Cl)C(Cl)=CC2)CCO1. The molecule has 0 aromatic carbocycles.